The molecule has 1 aliphatic carbocycles. The second kappa shape index (κ2) is 9.32. The molecule has 2 heteroatoms. The van der Waals surface area contributed by atoms with Crippen LogP contribution in [0, 0.1) is 0 Å². The first-order valence-corrected chi connectivity index (χ1v) is 16.0. The lowest BCUT2D eigenvalue weighted by Gasteiger charge is -2.29. The number of hydrogen-bond acceptors (Lipinski definition) is 0. The summed E-state index contributed by atoms with van der Waals surface area (Å²) in [6.45, 7) is 2.42. The van der Waals surface area contributed by atoms with Gasteiger partial charge in [0.15, 0.2) is 0 Å². The van der Waals surface area contributed by atoms with Crippen LogP contribution in [0.4, 0.5) is 0 Å². The molecule has 0 N–H and O–H groups in total. The Kier molecular flexibility index (Phi) is 5.16. The molecule has 2 nitrogen and oxygen atoms in total. The largest absolute Gasteiger partial charge is 0.309 e. The second-order valence-corrected chi connectivity index (χ2v) is 12.7. The minimum Gasteiger partial charge on any atom is -0.309 e. The van der Waals surface area contributed by atoms with E-state index < -0.39 is 0 Å². The molecule has 10 rings (SSSR count). The maximum Gasteiger partial charge on any atom is 0.0591 e. The molecule has 9 aromatic rings. The predicted octanol–water partition coefficient (Wildman–Crippen LogP) is 11.2. The van der Waals surface area contributed by atoms with Crippen LogP contribution in [0.5, 0.6) is 0 Å². The highest BCUT2D eigenvalue weighted by Crippen LogP contribution is 2.56. The van der Waals surface area contributed by atoms with Gasteiger partial charge in [0.25, 0.3) is 0 Å². The van der Waals surface area contributed by atoms with Crippen LogP contribution in [-0.4, -0.2) is 9.13 Å². The van der Waals surface area contributed by atoms with Crippen molar-refractivity contribution in [3.8, 4) is 22.5 Å². The smallest absolute Gasteiger partial charge is 0.0591 e. The summed E-state index contributed by atoms with van der Waals surface area (Å²) >= 11 is 0. The first-order chi connectivity index (χ1) is 22.7. The van der Waals surface area contributed by atoms with Gasteiger partial charge in [-0.3, -0.25) is 0 Å². The highest BCUT2D eigenvalue weighted by molar-refractivity contribution is 6.14. The number of nitrogens with zero attached hydrogens (tertiary/aromatic N) is 2. The lowest BCUT2D eigenvalue weighted by atomic mass is 9.73. The Balaban J connectivity index is 1.35. The van der Waals surface area contributed by atoms with E-state index in [0.29, 0.717) is 0 Å². The Morgan fingerprint density at radius 2 is 1.02 bits per heavy atom. The van der Waals surface area contributed by atoms with Crippen molar-refractivity contribution >= 4 is 43.6 Å². The quantitative estimate of drug-likeness (QED) is 0.195. The van der Waals surface area contributed by atoms with E-state index in [9.17, 15) is 0 Å². The Bertz CT molecular complexity index is 2640. The van der Waals surface area contributed by atoms with Crippen molar-refractivity contribution in [1.82, 2.24) is 9.13 Å². The summed E-state index contributed by atoms with van der Waals surface area (Å²) in [5.74, 6) is 0. The fourth-order valence-electron chi connectivity index (χ4n) is 8.37. The Morgan fingerprint density at radius 3 is 1.80 bits per heavy atom. The molecule has 0 saturated carbocycles. The molecule has 0 amide bonds. The maximum atomic E-state index is 2.53. The second-order valence-electron chi connectivity index (χ2n) is 12.7. The molecule has 0 spiro atoms. The van der Waals surface area contributed by atoms with Crippen molar-refractivity contribution in [3.05, 3.63) is 180 Å². The molecular weight excluding hydrogens is 556 g/mol. The van der Waals surface area contributed by atoms with Crippen LogP contribution in [0.2, 0.25) is 0 Å². The van der Waals surface area contributed by atoms with Crippen molar-refractivity contribution in [2.24, 2.45) is 0 Å². The van der Waals surface area contributed by atoms with Gasteiger partial charge in [-0.1, -0.05) is 121 Å². The van der Waals surface area contributed by atoms with Gasteiger partial charge in [-0.25, -0.2) is 0 Å². The predicted molar refractivity (Wildman–Crippen MR) is 193 cm³/mol. The van der Waals surface area contributed by atoms with E-state index in [1.54, 1.807) is 0 Å². The van der Waals surface area contributed by atoms with Crippen molar-refractivity contribution in [1.29, 1.82) is 0 Å². The van der Waals surface area contributed by atoms with Crippen LogP contribution in [0.25, 0.3) is 66.1 Å². The monoisotopic (exact) mass is 586 g/mol. The highest BCUT2D eigenvalue weighted by atomic mass is 15.0. The Morgan fingerprint density at radius 1 is 0.413 bits per heavy atom. The molecule has 0 fully saturated rings. The molecule has 0 bridgehead atoms. The number of para-hydroxylation sites is 3. The van der Waals surface area contributed by atoms with Gasteiger partial charge in [0.2, 0.25) is 0 Å². The van der Waals surface area contributed by atoms with Crippen LogP contribution in [0.15, 0.2) is 164 Å². The van der Waals surface area contributed by atoms with E-state index in [4.69, 9.17) is 0 Å². The molecule has 0 saturated heterocycles. The van der Waals surface area contributed by atoms with E-state index in [1.165, 1.54) is 82.8 Å². The van der Waals surface area contributed by atoms with Crippen molar-refractivity contribution < 1.29 is 0 Å². The van der Waals surface area contributed by atoms with E-state index >= 15 is 0 Å². The molecule has 7 aromatic carbocycles. The number of aromatic nitrogens is 2. The minimum absolute atomic E-state index is 0.313. The first-order valence-electron chi connectivity index (χ1n) is 16.0. The first kappa shape index (κ1) is 25.5. The number of hydrogen-bond donors (Lipinski definition) is 0. The van der Waals surface area contributed by atoms with Crippen molar-refractivity contribution in [2.75, 3.05) is 0 Å². The molecule has 1 unspecified atom stereocenters. The number of benzene rings is 7. The van der Waals surface area contributed by atoms with Crippen LogP contribution in [0.3, 0.4) is 0 Å². The van der Waals surface area contributed by atoms with Crippen molar-refractivity contribution in [2.45, 2.75) is 12.3 Å². The molecule has 1 aliphatic rings. The lowest BCUT2D eigenvalue weighted by molar-refractivity contribution is 0.717. The Hall–Kier alpha value is -5.86. The number of fused-ring (bicyclic) bond motifs is 10. The molecule has 0 aliphatic heterocycles. The minimum atomic E-state index is -0.313. The molecule has 0 radical (unpaired) electrons. The fourth-order valence-corrected chi connectivity index (χ4v) is 8.37. The van der Waals surface area contributed by atoms with Crippen molar-refractivity contribution in [3.63, 3.8) is 0 Å². The zero-order valence-electron chi connectivity index (χ0n) is 25.5. The third-order valence-corrected chi connectivity index (χ3v) is 10.4. The third kappa shape index (κ3) is 3.25. The summed E-state index contributed by atoms with van der Waals surface area (Å²) < 4.78 is 4.92. The average Bonchev–Trinajstić information content (AvgIpc) is 3.73. The zero-order chi connectivity index (χ0) is 30.4. The van der Waals surface area contributed by atoms with Crippen LogP contribution in [0.1, 0.15) is 23.6 Å². The van der Waals surface area contributed by atoms with Gasteiger partial charge in [-0.2, -0.15) is 0 Å². The molecule has 2 heterocycles. The normalized spacial score (nSPS) is 15.6. The van der Waals surface area contributed by atoms with Crippen LogP contribution < -0.4 is 0 Å². The summed E-state index contributed by atoms with van der Waals surface area (Å²) in [6.07, 6.45) is 0. The highest BCUT2D eigenvalue weighted by Gasteiger charge is 2.43. The fraction of sp³-hybridized carbons (Fsp3) is 0.0455. The molecular formula is C44H30N2. The zero-order valence-corrected chi connectivity index (χ0v) is 25.5. The van der Waals surface area contributed by atoms with E-state index in [1.807, 2.05) is 0 Å². The van der Waals surface area contributed by atoms with E-state index in [2.05, 4.69) is 180 Å². The molecule has 2 aromatic heterocycles. The molecule has 216 valence electrons. The van der Waals surface area contributed by atoms with E-state index in [0.717, 1.165) is 0 Å². The van der Waals surface area contributed by atoms with E-state index in [-0.39, 0.29) is 5.41 Å². The summed E-state index contributed by atoms with van der Waals surface area (Å²) in [5, 5.41) is 5.08. The van der Waals surface area contributed by atoms with Crippen LogP contribution >= 0.6 is 0 Å². The van der Waals surface area contributed by atoms with Gasteiger partial charge >= 0.3 is 0 Å². The maximum absolute atomic E-state index is 2.53. The van der Waals surface area contributed by atoms with Gasteiger partial charge < -0.3 is 9.13 Å². The molecule has 1 atom stereocenters. The summed E-state index contributed by atoms with van der Waals surface area (Å²) in [6, 6.07) is 60.2. The van der Waals surface area contributed by atoms with Crippen LogP contribution in [-0.2, 0) is 5.41 Å². The number of rotatable bonds is 3. The Labute approximate surface area is 267 Å². The standard InChI is InChI=1S/C44H30N2/c1-44(29-14-4-2-5-15-29)38-21-11-8-18-32(38)35-25-26-36-33-19-9-13-23-40(33)46(43(36)42(35)44)31-24-27-41-37(28-31)34-20-10-12-22-39(34)45(41)30-16-6-3-7-17-30/h2-28H,1H3. The van der Waals surface area contributed by atoms with Gasteiger partial charge in [-0.05, 0) is 77.2 Å². The summed E-state index contributed by atoms with van der Waals surface area (Å²) in [7, 11) is 0. The summed E-state index contributed by atoms with van der Waals surface area (Å²) in [4.78, 5) is 0. The average molecular weight is 587 g/mol. The summed E-state index contributed by atoms with van der Waals surface area (Å²) in [5.41, 5.74) is 13.7. The molecule has 46 heavy (non-hydrogen) atoms. The van der Waals surface area contributed by atoms with Gasteiger partial charge in [0, 0.05) is 38.3 Å². The van der Waals surface area contributed by atoms with Gasteiger partial charge in [0.1, 0.15) is 0 Å². The third-order valence-electron chi connectivity index (χ3n) is 10.4. The van der Waals surface area contributed by atoms with Gasteiger partial charge in [-0.15, -0.1) is 0 Å². The lowest BCUT2D eigenvalue weighted by Crippen LogP contribution is -2.23. The topological polar surface area (TPSA) is 9.86 Å². The van der Waals surface area contributed by atoms with Gasteiger partial charge in [0.05, 0.1) is 22.1 Å². The SMILES string of the molecule is CC1(c2ccccc2)c2ccccc2-c2ccc3c4ccccc4n(-c4ccc5c(c4)c4ccccc4n5-c4ccccc4)c3c21.